The maximum absolute atomic E-state index is 12.9. The zero-order valence-electron chi connectivity index (χ0n) is 11.7. The molecule has 0 bridgehead atoms. The van der Waals surface area contributed by atoms with Gasteiger partial charge in [-0.2, -0.15) is 4.31 Å². The summed E-state index contributed by atoms with van der Waals surface area (Å²) in [6, 6.07) is 8.83. The van der Waals surface area contributed by atoms with Crippen molar-refractivity contribution >= 4 is 37.3 Å². The molecule has 7 heteroatoms. The number of hydrogen-bond donors (Lipinski definition) is 0. The van der Waals surface area contributed by atoms with Gasteiger partial charge < -0.3 is 4.74 Å². The molecule has 0 spiro atoms. The van der Waals surface area contributed by atoms with E-state index >= 15 is 0 Å². The Bertz CT molecular complexity index is 699. The molecule has 0 amide bonds. The Labute approximate surface area is 137 Å². The third-order valence-corrected chi connectivity index (χ3v) is 6.30. The molecule has 0 saturated heterocycles. The standard InChI is InChI=1S/C14H16BrNO3S2/c1-3-16(10-12-5-4-8-20-12)21(17,18)14-9-11(15)6-7-13(14)19-2/h4-9H,3,10H2,1-2H3. The van der Waals surface area contributed by atoms with E-state index in [-0.39, 0.29) is 4.90 Å². The molecule has 114 valence electrons. The summed E-state index contributed by atoms with van der Waals surface area (Å²) in [6.07, 6.45) is 0. The molecule has 0 N–H and O–H groups in total. The van der Waals surface area contributed by atoms with Gasteiger partial charge in [-0.1, -0.05) is 28.9 Å². The van der Waals surface area contributed by atoms with Crippen molar-refractivity contribution in [3.05, 3.63) is 45.1 Å². The Kier molecular flexibility index (Phi) is 5.43. The van der Waals surface area contributed by atoms with E-state index in [0.717, 1.165) is 4.88 Å². The number of hydrogen-bond acceptors (Lipinski definition) is 4. The molecule has 0 fully saturated rings. The molecule has 1 aromatic carbocycles. The van der Waals surface area contributed by atoms with Crippen molar-refractivity contribution in [2.24, 2.45) is 0 Å². The Morgan fingerprint density at radius 1 is 1.33 bits per heavy atom. The van der Waals surface area contributed by atoms with Crippen LogP contribution in [0.4, 0.5) is 0 Å². The number of halogens is 1. The molecule has 2 aromatic rings. The van der Waals surface area contributed by atoms with Crippen LogP contribution in [0.5, 0.6) is 5.75 Å². The van der Waals surface area contributed by atoms with Crippen LogP contribution < -0.4 is 4.74 Å². The number of nitrogens with zero attached hydrogens (tertiary/aromatic N) is 1. The summed E-state index contributed by atoms with van der Waals surface area (Å²) < 4.78 is 33.0. The van der Waals surface area contributed by atoms with E-state index in [9.17, 15) is 8.42 Å². The molecule has 4 nitrogen and oxygen atoms in total. The van der Waals surface area contributed by atoms with Gasteiger partial charge in [0.1, 0.15) is 10.6 Å². The third kappa shape index (κ3) is 3.66. The zero-order chi connectivity index (χ0) is 15.5. The Morgan fingerprint density at radius 2 is 2.10 bits per heavy atom. The van der Waals surface area contributed by atoms with Gasteiger partial charge in [0.05, 0.1) is 7.11 Å². The number of rotatable bonds is 6. The summed E-state index contributed by atoms with van der Waals surface area (Å²) in [6.45, 7) is 2.59. The summed E-state index contributed by atoms with van der Waals surface area (Å²) in [7, 11) is -2.14. The molecule has 2 rings (SSSR count). The van der Waals surface area contributed by atoms with Crippen LogP contribution >= 0.6 is 27.3 Å². The van der Waals surface area contributed by atoms with Crippen molar-refractivity contribution in [3.63, 3.8) is 0 Å². The van der Waals surface area contributed by atoms with Crippen LogP contribution in [0.3, 0.4) is 0 Å². The Balaban J connectivity index is 2.41. The van der Waals surface area contributed by atoms with Crippen LogP contribution in [-0.2, 0) is 16.6 Å². The molecule has 0 aliphatic heterocycles. The summed E-state index contributed by atoms with van der Waals surface area (Å²) in [5, 5.41) is 1.94. The number of thiophene rings is 1. The van der Waals surface area contributed by atoms with E-state index in [0.29, 0.717) is 23.3 Å². The first-order valence-electron chi connectivity index (χ1n) is 6.35. The topological polar surface area (TPSA) is 46.6 Å². The van der Waals surface area contributed by atoms with Gasteiger partial charge in [0.15, 0.2) is 0 Å². The van der Waals surface area contributed by atoms with Crippen LogP contribution in [0.1, 0.15) is 11.8 Å². The predicted molar refractivity (Wildman–Crippen MR) is 88.3 cm³/mol. The molecular weight excluding hydrogens is 374 g/mol. The molecule has 1 heterocycles. The monoisotopic (exact) mass is 389 g/mol. The van der Waals surface area contributed by atoms with Crippen molar-refractivity contribution in [3.8, 4) is 5.75 Å². The lowest BCUT2D eigenvalue weighted by Gasteiger charge is -2.21. The first kappa shape index (κ1) is 16.5. The van der Waals surface area contributed by atoms with E-state index in [1.807, 2.05) is 24.4 Å². The van der Waals surface area contributed by atoms with Gasteiger partial charge in [-0.25, -0.2) is 8.42 Å². The van der Waals surface area contributed by atoms with Gasteiger partial charge >= 0.3 is 0 Å². The summed E-state index contributed by atoms with van der Waals surface area (Å²) in [5.41, 5.74) is 0. The second-order valence-electron chi connectivity index (χ2n) is 4.31. The van der Waals surface area contributed by atoms with E-state index in [4.69, 9.17) is 4.74 Å². The van der Waals surface area contributed by atoms with Crippen LogP contribution in [0.25, 0.3) is 0 Å². The number of sulfonamides is 1. The molecule has 21 heavy (non-hydrogen) atoms. The van der Waals surface area contributed by atoms with Crippen LogP contribution in [0.2, 0.25) is 0 Å². The Hall–Kier alpha value is -0.890. The molecule has 0 saturated carbocycles. The van der Waals surface area contributed by atoms with Crippen LogP contribution in [0, 0.1) is 0 Å². The molecule has 0 atom stereocenters. The van der Waals surface area contributed by atoms with E-state index in [2.05, 4.69) is 15.9 Å². The van der Waals surface area contributed by atoms with Crippen molar-refractivity contribution in [2.45, 2.75) is 18.4 Å². The second-order valence-corrected chi connectivity index (χ2v) is 8.16. The van der Waals surface area contributed by atoms with Crippen LogP contribution in [-0.4, -0.2) is 26.4 Å². The molecule has 1 aromatic heterocycles. The van der Waals surface area contributed by atoms with Crippen molar-refractivity contribution in [2.75, 3.05) is 13.7 Å². The first-order chi connectivity index (χ1) is 9.98. The average molecular weight is 390 g/mol. The maximum atomic E-state index is 12.9. The van der Waals surface area contributed by atoms with Gasteiger partial charge in [-0.05, 0) is 29.6 Å². The zero-order valence-corrected chi connectivity index (χ0v) is 15.0. The summed E-state index contributed by atoms with van der Waals surface area (Å²) in [5.74, 6) is 0.350. The number of methoxy groups -OCH3 is 1. The summed E-state index contributed by atoms with van der Waals surface area (Å²) >= 11 is 4.86. The van der Waals surface area contributed by atoms with Crippen LogP contribution in [0.15, 0.2) is 45.1 Å². The van der Waals surface area contributed by atoms with E-state index in [1.54, 1.807) is 29.5 Å². The lowest BCUT2D eigenvalue weighted by atomic mass is 10.3. The highest BCUT2D eigenvalue weighted by Gasteiger charge is 2.27. The minimum Gasteiger partial charge on any atom is -0.495 e. The average Bonchev–Trinajstić information content (AvgIpc) is 2.97. The third-order valence-electron chi connectivity index (χ3n) is 3.01. The van der Waals surface area contributed by atoms with E-state index in [1.165, 1.54) is 11.4 Å². The summed E-state index contributed by atoms with van der Waals surface area (Å²) in [4.78, 5) is 1.19. The predicted octanol–water partition coefficient (Wildman–Crippen LogP) is 3.73. The Morgan fingerprint density at radius 3 is 2.67 bits per heavy atom. The molecule has 0 aliphatic carbocycles. The lowest BCUT2D eigenvalue weighted by Crippen LogP contribution is -2.30. The number of benzene rings is 1. The van der Waals surface area contributed by atoms with E-state index < -0.39 is 10.0 Å². The molecular formula is C14H16BrNO3S2. The van der Waals surface area contributed by atoms with Gasteiger partial charge in [0.2, 0.25) is 10.0 Å². The second kappa shape index (κ2) is 6.91. The highest BCUT2D eigenvalue weighted by Crippen LogP contribution is 2.30. The molecule has 0 radical (unpaired) electrons. The fourth-order valence-electron chi connectivity index (χ4n) is 1.93. The first-order valence-corrected chi connectivity index (χ1v) is 9.46. The maximum Gasteiger partial charge on any atom is 0.247 e. The minimum absolute atomic E-state index is 0.179. The fraction of sp³-hybridized carbons (Fsp3) is 0.286. The number of ether oxygens (including phenoxy) is 1. The molecule has 0 unspecified atom stereocenters. The van der Waals surface area contributed by atoms with Gasteiger partial charge in [0, 0.05) is 22.4 Å². The van der Waals surface area contributed by atoms with Gasteiger partial charge in [-0.15, -0.1) is 11.3 Å². The normalized spacial score (nSPS) is 11.8. The van der Waals surface area contributed by atoms with Crippen molar-refractivity contribution < 1.29 is 13.2 Å². The van der Waals surface area contributed by atoms with Crippen molar-refractivity contribution in [1.29, 1.82) is 0 Å². The smallest absolute Gasteiger partial charge is 0.247 e. The largest absolute Gasteiger partial charge is 0.495 e. The lowest BCUT2D eigenvalue weighted by molar-refractivity contribution is 0.392. The van der Waals surface area contributed by atoms with Gasteiger partial charge in [-0.3, -0.25) is 0 Å². The van der Waals surface area contributed by atoms with Crippen molar-refractivity contribution in [1.82, 2.24) is 4.31 Å². The SMILES string of the molecule is CCN(Cc1cccs1)S(=O)(=O)c1cc(Br)ccc1OC. The minimum atomic E-state index is -3.61. The fourth-order valence-corrected chi connectivity index (χ4v) is 4.86. The quantitative estimate of drug-likeness (QED) is 0.755. The highest BCUT2D eigenvalue weighted by atomic mass is 79.9. The molecule has 0 aliphatic rings. The highest BCUT2D eigenvalue weighted by molar-refractivity contribution is 9.10. The van der Waals surface area contributed by atoms with Gasteiger partial charge in [0.25, 0.3) is 0 Å².